The van der Waals surface area contributed by atoms with Gasteiger partial charge in [-0.1, -0.05) is 29.5 Å². The summed E-state index contributed by atoms with van der Waals surface area (Å²) >= 11 is 0.802. The van der Waals surface area contributed by atoms with Gasteiger partial charge >= 0.3 is 5.69 Å². The van der Waals surface area contributed by atoms with Crippen LogP contribution in [0.5, 0.6) is 0 Å². The van der Waals surface area contributed by atoms with Gasteiger partial charge in [0.15, 0.2) is 14.8 Å². The molecular formula is C13H13FN2O4S2. The Morgan fingerprint density at radius 2 is 2.00 bits per heavy atom. The molecule has 0 radical (unpaired) electrons. The number of hydrogen-bond acceptors (Lipinski definition) is 6. The molecule has 0 bridgehead atoms. The van der Waals surface area contributed by atoms with E-state index in [0.717, 1.165) is 23.7 Å². The van der Waals surface area contributed by atoms with Gasteiger partial charge in [-0.3, -0.25) is 10.1 Å². The molecule has 9 heteroatoms. The van der Waals surface area contributed by atoms with Crippen molar-refractivity contribution < 1.29 is 17.7 Å². The van der Waals surface area contributed by atoms with E-state index >= 15 is 0 Å². The SMILES string of the molecule is CN(Cc1ccccc1F)c1sc(S(C)(=O)=O)cc1[N+](=O)[O-]. The first-order valence-corrected chi connectivity index (χ1v) is 8.83. The quantitative estimate of drug-likeness (QED) is 0.615. The molecule has 0 saturated heterocycles. The fourth-order valence-electron chi connectivity index (χ4n) is 1.89. The molecule has 0 amide bonds. The van der Waals surface area contributed by atoms with Gasteiger partial charge in [0.25, 0.3) is 0 Å². The first-order valence-electron chi connectivity index (χ1n) is 6.13. The third-order valence-electron chi connectivity index (χ3n) is 2.95. The highest BCUT2D eigenvalue weighted by molar-refractivity contribution is 7.92. The third kappa shape index (κ3) is 3.42. The zero-order valence-electron chi connectivity index (χ0n) is 11.8. The highest BCUT2D eigenvalue weighted by Gasteiger charge is 2.26. The van der Waals surface area contributed by atoms with Crippen molar-refractivity contribution >= 4 is 31.9 Å². The molecule has 0 unspecified atom stereocenters. The van der Waals surface area contributed by atoms with Gasteiger partial charge in [0.05, 0.1) is 4.92 Å². The Labute approximate surface area is 130 Å². The van der Waals surface area contributed by atoms with E-state index in [0.29, 0.717) is 5.56 Å². The van der Waals surface area contributed by atoms with Crippen molar-refractivity contribution in [2.24, 2.45) is 0 Å². The molecule has 0 fully saturated rings. The fraction of sp³-hybridized carbons (Fsp3) is 0.231. The second-order valence-corrected chi connectivity index (χ2v) is 8.01. The number of rotatable bonds is 5. The van der Waals surface area contributed by atoms with Crippen molar-refractivity contribution in [3.8, 4) is 0 Å². The monoisotopic (exact) mass is 344 g/mol. The average molecular weight is 344 g/mol. The highest BCUT2D eigenvalue weighted by Crippen LogP contribution is 2.39. The lowest BCUT2D eigenvalue weighted by atomic mass is 10.2. The third-order valence-corrected chi connectivity index (χ3v) is 5.99. The van der Waals surface area contributed by atoms with Crippen LogP contribution in [0, 0.1) is 15.9 Å². The van der Waals surface area contributed by atoms with Crippen molar-refractivity contribution in [3.63, 3.8) is 0 Å². The van der Waals surface area contributed by atoms with Gasteiger partial charge < -0.3 is 4.90 Å². The first-order chi connectivity index (χ1) is 10.2. The number of nitro groups is 1. The van der Waals surface area contributed by atoms with E-state index < -0.39 is 20.6 Å². The summed E-state index contributed by atoms with van der Waals surface area (Å²) in [6.07, 6.45) is 0.989. The van der Waals surface area contributed by atoms with Gasteiger partial charge in [0, 0.05) is 31.5 Å². The summed E-state index contributed by atoms with van der Waals surface area (Å²) in [4.78, 5) is 11.9. The summed E-state index contributed by atoms with van der Waals surface area (Å²) in [7, 11) is -1.99. The lowest BCUT2D eigenvalue weighted by Crippen LogP contribution is -2.17. The summed E-state index contributed by atoms with van der Waals surface area (Å²) in [5.74, 6) is -0.420. The molecule has 6 nitrogen and oxygen atoms in total. The zero-order valence-corrected chi connectivity index (χ0v) is 13.4. The van der Waals surface area contributed by atoms with Crippen LogP contribution < -0.4 is 4.90 Å². The Morgan fingerprint density at radius 3 is 2.55 bits per heavy atom. The van der Waals surface area contributed by atoms with Crippen LogP contribution in [-0.4, -0.2) is 26.6 Å². The molecule has 118 valence electrons. The summed E-state index contributed by atoms with van der Waals surface area (Å²) in [6, 6.07) is 7.12. The van der Waals surface area contributed by atoms with E-state index in [4.69, 9.17) is 0 Å². The van der Waals surface area contributed by atoms with Crippen LogP contribution in [0.4, 0.5) is 15.1 Å². The van der Waals surface area contributed by atoms with Crippen molar-refractivity contribution in [2.75, 3.05) is 18.2 Å². The van der Waals surface area contributed by atoms with Crippen LogP contribution in [0.2, 0.25) is 0 Å². The normalized spacial score (nSPS) is 11.4. The van der Waals surface area contributed by atoms with Gasteiger partial charge in [-0.05, 0) is 6.07 Å². The predicted molar refractivity (Wildman–Crippen MR) is 82.6 cm³/mol. The van der Waals surface area contributed by atoms with Crippen molar-refractivity contribution in [1.29, 1.82) is 0 Å². The molecule has 2 aromatic rings. The Balaban J connectivity index is 2.41. The molecule has 0 aliphatic carbocycles. The highest BCUT2D eigenvalue weighted by atomic mass is 32.2. The number of sulfone groups is 1. The zero-order chi connectivity index (χ0) is 16.5. The van der Waals surface area contributed by atoms with E-state index in [1.807, 2.05) is 0 Å². The summed E-state index contributed by atoms with van der Waals surface area (Å²) in [5, 5.41) is 11.3. The van der Waals surface area contributed by atoms with Crippen LogP contribution in [0.1, 0.15) is 5.56 Å². The largest absolute Gasteiger partial charge is 0.356 e. The second-order valence-electron chi connectivity index (χ2n) is 4.73. The fourth-order valence-corrected chi connectivity index (χ4v) is 3.88. The minimum atomic E-state index is -3.54. The average Bonchev–Trinajstić information content (AvgIpc) is 2.86. The van der Waals surface area contributed by atoms with E-state index in [9.17, 15) is 22.9 Å². The molecule has 0 spiro atoms. The maximum atomic E-state index is 13.7. The van der Waals surface area contributed by atoms with Crippen LogP contribution >= 0.6 is 11.3 Å². The topological polar surface area (TPSA) is 80.5 Å². The van der Waals surface area contributed by atoms with Gasteiger partial charge in [-0.25, -0.2) is 12.8 Å². The second kappa shape index (κ2) is 6.01. The van der Waals surface area contributed by atoms with Gasteiger partial charge in [-0.15, -0.1) is 0 Å². The summed E-state index contributed by atoms with van der Waals surface area (Å²) < 4.78 is 36.7. The van der Waals surface area contributed by atoms with E-state index in [2.05, 4.69) is 0 Å². The molecule has 2 rings (SSSR count). The number of halogens is 1. The standard InChI is InChI=1S/C13H13FN2O4S2/c1-15(8-9-5-3-4-6-10(9)14)13-11(16(17)18)7-12(21-13)22(2,19)20/h3-7H,8H2,1-2H3. The van der Waals surface area contributed by atoms with E-state index in [1.165, 1.54) is 11.0 Å². The van der Waals surface area contributed by atoms with E-state index in [-0.39, 0.29) is 21.4 Å². The van der Waals surface area contributed by atoms with Crippen molar-refractivity contribution in [3.05, 3.63) is 51.8 Å². The Bertz CT molecular complexity index is 817. The van der Waals surface area contributed by atoms with Gasteiger partial charge in [0.2, 0.25) is 0 Å². The number of hydrogen-bond donors (Lipinski definition) is 0. The number of nitrogens with zero attached hydrogens (tertiary/aromatic N) is 2. The summed E-state index contributed by atoms with van der Waals surface area (Å²) in [6.45, 7) is 0.0945. The number of anilines is 1. The van der Waals surface area contributed by atoms with Crippen LogP contribution in [0.3, 0.4) is 0 Å². The molecule has 0 N–H and O–H groups in total. The Kier molecular flexibility index (Phi) is 4.47. The molecule has 1 aromatic carbocycles. The summed E-state index contributed by atoms with van der Waals surface area (Å²) in [5.41, 5.74) is 0.0675. The molecule has 22 heavy (non-hydrogen) atoms. The molecule has 1 heterocycles. The Morgan fingerprint density at radius 1 is 1.36 bits per heavy atom. The molecule has 0 atom stereocenters. The maximum Gasteiger partial charge on any atom is 0.305 e. The number of benzene rings is 1. The minimum absolute atomic E-state index is 0.0883. The molecule has 0 aliphatic heterocycles. The van der Waals surface area contributed by atoms with Gasteiger partial charge in [-0.2, -0.15) is 0 Å². The van der Waals surface area contributed by atoms with Gasteiger partial charge in [0.1, 0.15) is 10.0 Å². The predicted octanol–water partition coefficient (Wildman–Crippen LogP) is 2.84. The smallest absolute Gasteiger partial charge is 0.305 e. The van der Waals surface area contributed by atoms with Crippen LogP contribution in [-0.2, 0) is 16.4 Å². The van der Waals surface area contributed by atoms with Crippen LogP contribution in [0.15, 0.2) is 34.5 Å². The maximum absolute atomic E-state index is 13.7. The van der Waals surface area contributed by atoms with Crippen molar-refractivity contribution in [1.82, 2.24) is 0 Å². The van der Waals surface area contributed by atoms with E-state index in [1.54, 1.807) is 25.2 Å². The Hall–Kier alpha value is -2.00. The molecule has 1 aromatic heterocycles. The lowest BCUT2D eigenvalue weighted by Gasteiger charge is -2.17. The number of thiophene rings is 1. The van der Waals surface area contributed by atoms with Crippen molar-refractivity contribution in [2.45, 2.75) is 10.8 Å². The van der Waals surface area contributed by atoms with Crippen LogP contribution in [0.25, 0.3) is 0 Å². The first kappa shape index (κ1) is 16.4. The minimum Gasteiger partial charge on any atom is -0.356 e. The molecule has 0 aliphatic rings. The lowest BCUT2D eigenvalue weighted by molar-refractivity contribution is -0.383. The molecule has 0 saturated carbocycles. The molecular weight excluding hydrogens is 331 g/mol.